The number of methoxy groups -OCH3 is 1. The van der Waals surface area contributed by atoms with Gasteiger partial charge >= 0.3 is 0 Å². The van der Waals surface area contributed by atoms with Crippen LogP contribution in [-0.4, -0.2) is 17.8 Å². The zero-order chi connectivity index (χ0) is 17.3. The van der Waals surface area contributed by atoms with Gasteiger partial charge in [0.05, 0.1) is 12.0 Å². The summed E-state index contributed by atoms with van der Waals surface area (Å²) in [6.07, 6.45) is 2.99. The molecule has 3 rings (SSSR count). The standard InChI is InChI=1S/C18H14ClNO4/c1-24-14-5-6-15-12(10-14)3-4-13(18(15)21)8-11-2-7-16(19)17(9-11)20(22)23/h2,5-10H,3-4H2,1H3/b13-8-. The van der Waals surface area contributed by atoms with Gasteiger partial charge in [-0.1, -0.05) is 17.7 Å². The average Bonchev–Trinajstić information content (AvgIpc) is 2.58. The molecule has 0 atom stereocenters. The van der Waals surface area contributed by atoms with E-state index in [0.717, 1.165) is 17.7 Å². The average molecular weight is 344 g/mol. The van der Waals surface area contributed by atoms with Crippen LogP contribution >= 0.6 is 11.6 Å². The molecule has 0 saturated heterocycles. The summed E-state index contributed by atoms with van der Waals surface area (Å²) < 4.78 is 5.18. The Morgan fingerprint density at radius 1 is 1.21 bits per heavy atom. The summed E-state index contributed by atoms with van der Waals surface area (Å²) in [5.41, 5.74) is 2.66. The number of ketones is 1. The molecule has 0 bridgehead atoms. The summed E-state index contributed by atoms with van der Waals surface area (Å²) in [5.74, 6) is 0.666. The van der Waals surface area contributed by atoms with Gasteiger partial charge in [-0.25, -0.2) is 0 Å². The highest BCUT2D eigenvalue weighted by atomic mass is 35.5. The van der Waals surface area contributed by atoms with Crippen LogP contribution in [0.2, 0.25) is 5.02 Å². The van der Waals surface area contributed by atoms with E-state index >= 15 is 0 Å². The van der Waals surface area contributed by atoms with Crippen LogP contribution in [0.5, 0.6) is 5.75 Å². The summed E-state index contributed by atoms with van der Waals surface area (Å²) in [6, 6.07) is 9.90. The molecule has 0 amide bonds. The molecule has 5 nitrogen and oxygen atoms in total. The minimum absolute atomic E-state index is 0.0588. The zero-order valence-corrected chi connectivity index (χ0v) is 13.7. The van der Waals surface area contributed by atoms with Crippen LogP contribution in [0.15, 0.2) is 42.0 Å². The Hall–Kier alpha value is -2.66. The van der Waals surface area contributed by atoms with E-state index in [2.05, 4.69) is 0 Å². The Balaban J connectivity index is 1.96. The lowest BCUT2D eigenvalue weighted by molar-refractivity contribution is -0.384. The number of carbonyl (C=O) groups excluding carboxylic acids is 1. The highest BCUT2D eigenvalue weighted by Crippen LogP contribution is 2.31. The van der Waals surface area contributed by atoms with Crippen molar-refractivity contribution in [2.75, 3.05) is 7.11 Å². The van der Waals surface area contributed by atoms with Crippen LogP contribution in [-0.2, 0) is 6.42 Å². The summed E-state index contributed by atoms with van der Waals surface area (Å²) in [5, 5.41) is 11.1. The van der Waals surface area contributed by atoms with E-state index in [9.17, 15) is 14.9 Å². The molecule has 2 aromatic carbocycles. The third-order valence-corrected chi connectivity index (χ3v) is 4.34. The van der Waals surface area contributed by atoms with Gasteiger partial charge in [0.2, 0.25) is 0 Å². The SMILES string of the molecule is COc1ccc2c(c1)CC/C(=C/c1ccc(Cl)c([N+](=O)[O-])c1)C2=O. The van der Waals surface area contributed by atoms with Crippen molar-refractivity contribution >= 4 is 29.1 Å². The molecule has 1 aliphatic rings. The molecule has 0 unspecified atom stereocenters. The molecule has 1 aliphatic carbocycles. The Morgan fingerprint density at radius 2 is 2.00 bits per heavy atom. The quantitative estimate of drug-likeness (QED) is 0.468. The van der Waals surface area contributed by atoms with Gasteiger partial charge in [-0.05, 0) is 54.3 Å². The zero-order valence-electron chi connectivity index (χ0n) is 12.9. The fraction of sp³-hybridized carbons (Fsp3) is 0.167. The summed E-state index contributed by atoms with van der Waals surface area (Å²) in [4.78, 5) is 23.1. The molecule has 0 saturated carbocycles. The molecular formula is C18H14ClNO4. The van der Waals surface area contributed by atoms with Crippen LogP contribution in [0.1, 0.15) is 27.9 Å². The number of nitro groups is 1. The first kappa shape index (κ1) is 16.2. The second kappa shape index (κ2) is 6.45. The lowest BCUT2D eigenvalue weighted by Crippen LogP contribution is -2.14. The summed E-state index contributed by atoms with van der Waals surface area (Å²) in [7, 11) is 1.59. The molecule has 0 aliphatic heterocycles. The number of hydrogen-bond donors (Lipinski definition) is 0. The first-order valence-corrected chi connectivity index (χ1v) is 7.73. The third-order valence-electron chi connectivity index (χ3n) is 4.02. The molecule has 0 N–H and O–H groups in total. The number of hydrogen-bond acceptors (Lipinski definition) is 4. The fourth-order valence-electron chi connectivity index (χ4n) is 2.78. The number of allylic oxidation sites excluding steroid dienone is 1. The number of ether oxygens (including phenoxy) is 1. The summed E-state index contributed by atoms with van der Waals surface area (Å²) in [6.45, 7) is 0. The minimum Gasteiger partial charge on any atom is -0.497 e. The molecule has 0 spiro atoms. The Kier molecular flexibility index (Phi) is 4.36. The molecule has 24 heavy (non-hydrogen) atoms. The van der Waals surface area contributed by atoms with Crippen LogP contribution in [0.3, 0.4) is 0 Å². The van der Waals surface area contributed by atoms with Gasteiger partial charge < -0.3 is 4.74 Å². The van der Waals surface area contributed by atoms with Crippen molar-refractivity contribution in [3.8, 4) is 5.75 Å². The fourth-order valence-corrected chi connectivity index (χ4v) is 2.97. The number of benzene rings is 2. The van der Waals surface area contributed by atoms with E-state index < -0.39 is 4.92 Å². The van der Waals surface area contributed by atoms with E-state index in [0.29, 0.717) is 23.1 Å². The van der Waals surface area contributed by atoms with E-state index in [1.807, 2.05) is 6.07 Å². The topological polar surface area (TPSA) is 69.4 Å². The first-order valence-electron chi connectivity index (χ1n) is 7.35. The van der Waals surface area contributed by atoms with Crippen molar-refractivity contribution in [3.05, 3.63) is 73.8 Å². The van der Waals surface area contributed by atoms with Gasteiger partial charge in [-0.3, -0.25) is 14.9 Å². The third kappa shape index (κ3) is 3.03. The number of Topliss-reactive ketones (excluding diaryl/α,β-unsaturated/α-hetero) is 1. The van der Waals surface area contributed by atoms with Gasteiger partial charge in [0.15, 0.2) is 5.78 Å². The monoisotopic (exact) mass is 343 g/mol. The Bertz CT molecular complexity index is 873. The number of nitro benzene ring substituents is 1. The van der Waals surface area contributed by atoms with E-state index in [-0.39, 0.29) is 16.5 Å². The number of halogens is 1. The predicted molar refractivity (Wildman–Crippen MR) is 91.7 cm³/mol. The van der Waals surface area contributed by atoms with Gasteiger partial charge in [0, 0.05) is 17.2 Å². The van der Waals surface area contributed by atoms with Crippen LogP contribution in [0.25, 0.3) is 6.08 Å². The molecule has 0 aromatic heterocycles. The van der Waals surface area contributed by atoms with E-state index in [4.69, 9.17) is 16.3 Å². The molecule has 6 heteroatoms. The summed E-state index contributed by atoms with van der Waals surface area (Å²) >= 11 is 5.82. The second-order valence-electron chi connectivity index (χ2n) is 5.49. The first-order chi connectivity index (χ1) is 11.5. The number of nitrogens with zero attached hydrogens (tertiary/aromatic N) is 1. The van der Waals surface area contributed by atoms with Gasteiger partial charge in [0.1, 0.15) is 10.8 Å². The van der Waals surface area contributed by atoms with Gasteiger partial charge in [-0.15, -0.1) is 0 Å². The van der Waals surface area contributed by atoms with Crippen molar-refractivity contribution in [2.24, 2.45) is 0 Å². The molecule has 0 heterocycles. The van der Waals surface area contributed by atoms with Crippen molar-refractivity contribution in [2.45, 2.75) is 12.8 Å². The number of fused-ring (bicyclic) bond motifs is 1. The maximum atomic E-state index is 12.6. The molecule has 0 radical (unpaired) electrons. The highest BCUT2D eigenvalue weighted by molar-refractivity contribution is 6.32. The largest absolute Gasteiger partial charge is 0.497 e. The lowest BCUT2D eigenvalue weighted by atomic mass is 9.86. The van der Waals surface area contributed by atoms with Crippen molar-refractivity contribution in [3.63, 3.8) is 0 Å². The molecule has 0 fully saturated rings. The van der Waals surface area contributed by atoms with Crippen molar-refractivity contribution in [1.82, 2.24) is 0 Å². The van der Waals surface area contributed by atoms with Crippen molar-refractivity contribution < 1.29 is 14.5 Å². The highest BCUT2D eigenvalue weighted by Gasteiger charge is 2.22. The molecule has 2 aromatic rings. The lowest BCUT2D eigenvalue weighted by Gasteiger charge is -2.18. The maximum Gasteiger partial charge on any atom is 0.288 e. The number of carbonyl (C=O) groups is 1. The normalized spacial score (nSPS) is 15.2. The minimum atomic E-state index is -0.533. The van der Waals surface area contributed by atoms with E-state index in [1.165, 1.54) is 12.1 Å². The van der Waals surface area contributed by atoms with Crippen LogP contribution in [0.4, 0.5) is 5.69 Å². The smallest absolute Gasteiger partial charge is 0.288 e. The molecule has 122 valence electrons. The molecular weight excluding hydrogens is 330 g/mol. The second-order valence-corrected chi connectivity index (χ2v) is 5.90. The van der Waals surface area contributed by atoms with Crippen LogP contribution in [0, 0.1) is 10.1 Å². The van der Waals surface area contributed by atoms with Gasteiger partial charge in [0.25, 0.3) is 5.69 Å². The Morgan fingerprint density at radius 3 is 2.71 bits per heavy atom. The van der Waals surface area contributed by atoms with E-state index in [1.54, 1.807) is 31.4 Å². The predicted octanol–water partition coefficient (Wildman–Crippen LogP) is 4.47. The van der Waals surface area contributed by atoms with Crippen molar-refractivity contribution in [1.29, 1.82) is 0 Å². The van der Waals surface area contributed by atoms with Gasteiger partial charge in [-0.2, -0.15) is 0 Å². The Labute approximate surface area is 143 Å². The number of aryl methyl sites for hydroxylation is 1. The maximum absolute atomic E-state index is 12.6. The van der Waals surface area contributed by atoms with Crippen LogP contribution < -0.4 is 4.74 Å². The number of rotatable bonds is 3.